The lowest BCUT2D eigenvalue weighted by Crippen LogP contribution is -2.54. The summed E-state index contributed by atoms with van der Waals surface area (Å²) in [5.41, 5.74) is -1.40. The summed E-state index contributed by atoms with van der Waals surface area (Å²) in [6.07, 6.45) is 5.31. The maximum atomic E-state index is 13.0. The molecule has 0 saturated heterocycles. The molecule has 0 atom stereocenters. The summed E-state index contributed by atoms with van der Waals surface area (Å²) in [7, 11) is 0. The van der Waals surface area contributed by atoms with Gasteiger partial charge in [0.1, 0.15) is 0 Å². The fraction of sp³-hybridized carbons (Fsp3) is 0.857. The quantitative estimate of drug-likeness (QED) is 0.155. The summed E-state index contributed by atoms with van der Waals surface area (Å²) >= 11 is 18.1. The first-order valence-corrected chi connectivity index (χ1v) is 16.9. The second kappa shape index (κ2) is 20.7. The molecule has 0 amide bonds. The average Bonchev–Trinajstić information content (AvgIpc) is 2.81. The Hall–Kier alpha value is 0.510. The van der Waals surface area contributed by atoms with Crippen LogP contribution < -0.4 is 17.1 Å². The van der Waals surface area contributed by atoms with Gasteiger partial charge in [0, 0.05) is 19.6 Å². The van der Waals surface area contributed by atoms with Crippen molar-refractivity contribution in [1.82, 2.24) is 13.7 Å². The first-order chi connectivity index (χ1) is 16.1. The molecule has 1 aromatic rings. The molecule has 0 aliphatic heterocycles. The molecule has 0 fully saturated rings. The lowest BCUT2D eigenvalue weighted by Gasteiger charge is -2.14. The van der Waals surface area contributed by atoms with Crippen molar-refractivity contribution in [3.05, 3.63) is 31.5 Å². The van der Waals surface area contributed by atoms with E-state index < -0.39 is 17.1 Å². The normalized spacial score (nSPS) is 11.4. The molecule has 0 saturated carbocycles. The van der Waals surface area contributed by atoms with Crippen LogP contribution in [0, 0.1) is 0 Å². The van der Waals surface area contributed by atoms with Crippen LogP contribution in [0.25, 0.3) is 0 Å². The van der Waals surface area contributed by atoms with Gasteiger partial charge < -0.3 is 0 Å². The van der Waals surface area contributed by atoms with Crippen LogP contribution in [-0.2, 0) is 19.6 Å². The van der Waals surface area contributed by atoms with E-state index in [2.05, 4.69) is 37.9 Å². The third-order valence-electron chi connectivity index (χ3n) is 4.74. The fourth-order valence-corrected chi connectivity index (χ4v) is 6.81. The van der Waals surface area contributed by atoms with E-state index in [4.69, 9.17) is 0 Å². The van der Waals surface area contributed by atoms with Crippen molar-refractivity contribution < 1.29 is 0 Å². The van der Waals surface area contributed by atoms with Crippen molar-refractivity contribution in [3.63, 3.8) is 0 Å². The summed E-state index contributed by atoms with van der Waals surface area (Å²) in [6, 6.07) is 0. The van der Waals surface area contributed by atoms with E-state index in [1.54, 1.807) is 0 Å². The topological polar surface area (TPSA) is 66.0 Å². The Bertz CT molecular complexity index is 677. The standard InChI is InChI=1S/C21H39N3O3S6/c25-19-22(7-1-13-31-16-4-10-28)20(26)24(9-3-15-33-18-6-12-30)21(27)23(19)8-2-14-32-17-5-11-29/h28-30H,1-18H2. The van der Waals surface area contributed by atoms with Crippen molar-refractivity contribution >= 4 is 73.2 Å². The third kappa shape index (κ3) is 12.9. The highest BCUT2D eigenvalue weighted by Gasteiger charge is 2.15. The molecule has 0 radical (unpaired) electrons. The number of hydrogen-bond acceptors (Lipinski definition) is 9. The number of rotatable bonds is 21. The molecule has 1 rings (SSSR count). The predicted molar refractivity (Wildman–Crippen MR) is 160 cm³/mol. The van der Waals surface area contributed by atoms with E-state index in [-0.39, 0.29) is 0 Å². The fourth-order valence-electron chi connectivity index (χ4n) is 3.04. The van der Waals surface area contributed by atoms with Crippen molar-refractivity contribution in [2.24, 2.45) is 0 Å². The van der Waals surface area contributed by atoms with Gasteiger partial charge in [-0.25, -0.2) is 28.1 Å². The van der Waals surface area contributed by atoms with Crippen LogP contribution in [0.5, 0.6) is 0 Å². The molecule has 33 heavy (non-hydrogen) atoms. The number of thioether (sulfide) groups is 3. The number of nitrogens with zero attached hydrogens (tertiary/aromatic N) is 3. The Morgan fingerprint density at radius 3 is 0.939 bits per heavy atom. The monoisotopic (exact) mass is 573 g/mol. The zero-order valence-corrected chi connectivity index (χ0v) is 24.5. The highest BCUT2D eigenvalue weighted by molar-refractivity contribution is 7.99. The minimum atomic E-state index is -0.467. The van der Waals surface area contributed by atoms with Crippen molar-refractivity contribution in [2.75, 3.05) is 51.8 Å². The van der Waals surface area contributed by atoms with Gasteiger partial charge in [-0.3, -0.25) is 0 Å². The lowest BCUT2D eigenvalue weighted by molar-refractivity contribution is 0.440. The zero-order valence-electron chi connectivity index (χ0n) is 19.4. The zero-order chi connectivity index (χ0) is 24.3. The molecule has 12 heteroatoms. The van der Waals surface area contributed by atoms with Gasteiger partial charge in [0.05, 0.1) is 0 Å². The molecule has 0 spiro atoms. The van der Waals surface area contributed by atoms with Gasteiger partial charge in [-0.05, 0) is 90.3 Å². The van der Waals surface area contributed by atoms with E-state index in [1.165, 1.54) is 13.7 Å². The Kier molecular flexibility index (Phi) is 19.8. The number of aromatic nitrogens is 3. The second-order valence-corrected chi connectivity index (χ2v) is 12.4. The first kappa shape index (κ1) is 31.5. The molecule has 0 aliphatic rings. The van der Waals surface area contributed by atoms with Crippen LogP contribution in [0.15, 0.2) is 14.4 Å². The Morgan fingerprint density at radius 2 is 0.697 bits per heavy atom. The minimum absolute atomic E-state index is 0.346. The van der Waals surface area contributed by atoms with Crippen LogP contribution in [0.3, 0.4) is 0 Å². The van der Waals surface area contributed by atoms with Gasteiger partial charge in [-0.2, -0.15) is 73.2 Å². The molecule has 0 bridgehead atoms. The van der Waals surface area contributed by atoms with Gasteiger partial charge in [0.2, 0.25) is 0 Å². The molecule has 192 valence electrons. The van der Waals surface area contributed by atoms with Gasteiger partial charge in [0.15, 0.2) is 0 Å². The molecule has 0 aromatic carbocycles. The van der Waals surface area contributed by atoms with E-state index in [1.807, 2.05) is 35.3 Å². The highest BCUT2D eigenvalue weighted by atomic mass is 32.2. The summed E-state index contributed by atoms with van der Waals surface area (Å²) < 4.78 is 3.80. The largest absolute Gasteiger partial charge is 0.336 e. The van der Waals surface area contributed by atoms with Gasteiger partial charge in [0.25, 0.3) is 0 Å². The first-order valence-electron chi connectivity index (χ1n) is 11.6. The van der Waals surface area contributed by atoms with E-state index in [0.29, 0.717) is 19.6 Å². The van der Waals surface area contributed by atoms with Gasteiger partial charge in [-0.15, -0.1) is 0 Å². The van der Waals surface area contributed by atoms with Crippen molar-refractivity contribution in [2.45, 2.75) is 58.2 Å². The molecule has 0 aliphatic carbocycles. The van der Waals surface area contributed by atoms with Crippen molar-refractivity contribution in [3.8, 4) is 0 Å². The Labute approximate surface area is 227 Å². The van der Waals surface area contributed by atoms with Crippen molar-refractivity contribution in [1.29, 1.82) is 0 Å². The van der Waals surface area contributed by atoms with E-state index in [0.717, 1.165) is 90.3 Å². The van der Waals surface area contributed by atoms with Gasteiger partial charge >= 0.3 is 17.1 Å². The summed E-state index contributed by atoms with van der Waals surface area (Å²) in [4.78, 5) is 39.0. The SMILES string of the molecule is O=c1n(CCCSCCCS)c(=O)n(CCCSCCCS)c(=O)n1CCCSCCCS. The Balaban J connectivity index is 2.89. The minimum Gasteiger partial charge on any atom is -0.247 e. The van der Waals surface area contributed by atoms with Gasteiger partial charge in [-0.1, -0.05) is 0 Å². The second-order valence-electron chi connectivity index (χ2n) is 7.43. The number of thiol groups is 3. The summed E-state index contributed by atoms with van der Waals surface area (Å²) in [5.74, 6) is 8.30. The maximum Gasteiger partial charge on any atom is 0.336 e. The van der Waals surface area contributed by atoms with Crippen LogP contribution in [0.4, 0.5) is 0 Å². The number of hydrogen-bond donors (Lipinski definition) is 3. The van der Waals surface area contributed by atoms with Crippen LogP contribution in [0.2, 0.25) is 0 Å². The lowest BCUT2D eigenvalue weighted by atomic mass is 10.4. The molecular formula is C21H39N3O3S6. The van der Waals surface area contributed by atoms with E-state index in [9.17, 15) is 14.4 Å². The summed E-state index contributed by atoms with van der Waals surface area (Å²) in [6.45, 7) is 1.04. The van der Waals surface area contributed by atoms with Crippen LogP contribution in [-0.4, -0.2) is 65.5 Å². The molecular weight excluding hydrogens is 535 g/mol. The molecule has 1 heterocycles. The average molecular weight is 574 g/mol. The molecule has 1 aromatic heterocycles. The molecule has 0 N–H and O–H groups in total. The predicted octanol–water partition coefficient (Wildman–Crippen LogP) is 3.50. The molecule has 0 unspecified atom stereocenters. The van der Waals surface area contributed by atoms with E-state index >= 15 is 0 Å². The highest BCUT2D eigenvalue weighted by Crippen LogP contribution is 2.07. The smallest absolute Gasteiger partial charge is 0.247 e. The summed E-state index contributed by atoms with van der Waals surface area (Å²) in [5, 5.41) is 0. The van der Waals surface area contributed by atoms with Crippen LogP contribution >= 0.6 is 73.2 Å². The third-order valence-corrected chi connectivity index (χ3v) is 9.15. The van der Waals surface area contributed by atoms with Crippen LogP contribution in [0.1, 0.15) is 38.5 Å². The maximum absolute atomic E-state index is 13.0. The Morgan fingerprint density at radius 1 is 0.455 bits per heavy atom. The molecule has 6 nitrogen and oxygen atoms in total.